The van der Waals surface area contributed by atoms with Gasteiger partial charge in [0.15, 0.2) is 6.61 Å². The van der Waals surface area contributed by atoms with Gasteiger partial charge >= 0.3 is 0 Å². The molecule has 2 aromatic carbocycles. The number of rotatable bonds is 5. The van der Waals surface area contributed by atoms with Crippen molar-refractivity contribution in [2.24, 2.45) is 0 Å². The second kappa shape index (κ2) is 7.74. The Labute approximate surface area is 158 Å². The van der Waals surface area contributed by atoms with E-state index in [-0.39, 0.29) is 28.3 Å². The van der Waals surface area contributed by atoms with Gasteiger partial charge in [0.05, 0.1) is 26.4 Å². The summed E-state index contributed by atoms with van der Waals surface area (Å²) in [5, 5.41) is 7.68. The zero-order valence-corrected chi connectivity index (χ0v) is 14.9. The molecule has 1 heterocycles. The van der Waals surface area contributed by atoms with Gasteiger partial charge in [-0.1, -0.05) is 46.9 Å². The molecule has 0 unspecified atom stereocenters. The van der Waals surface area contributed by atoms with E-state index in [1.165, 1.54) is 24.8 Å². The fourth-order valence-electron chi connectivity index (χ4n) is 2.06. The molecule has 1 N–H and O–H groups in total. The second-order valence-electron chi connectivity index (χ2n) is 4.89. The maximum atomic E-state index is 12.2. The highest BCUT2D eigenvalue weighted by Crippen LogP contribution is 2.33. The minimum absolute atomic E-state index is 0.247. The molecule has 0 saturated carbocycles. The third kappa shape index (κ3) is 4.22. The lowest BCUT2D eigenvalue weighted by Crippen LogP contribution is -2.21. The molecule has 0 atom stereocenters. The van der Waals surface area contributed by atoms with E-state index in [2.05, 4.69) is 15.4 Å². The Morgan fingerprint density at radius 1 is 1.12 bits per heavy atom. The number of hydrogen-bond donors (Lipinski definition) is 1. The summed E-state index contributed by atoms with van der Waals surface area (Å²) in [6.45, 7) is -0.247. The van der Waals surface area contributed by atoms with Crippen LogP contribution in [0.5, 0.6) is 5.75 Å². The van der Waals surface area contributed by atoms with E-state index in [4.69, 9.17) is 39.5 Å². The second-order valence-corrected chi connectivity index (χ2v) is 6.11. The van der Waals surface area contributed by atoms with Crippen molar-refractivity contribution in [3.05, 3.63) is 64.1 Å². The van der Waals surface area contributed by atoms with Gasteiger partial charge < -0.3 is 10.1 Å². The molecule has 1 amide bonds. The van der Waals surface area contributed by atoms with Crippen molar-refractivity contribution in [2.75, 3.05) is 11.9 Å². The van der Waals surface area contributed by atoms with Crippen molar-refractivity contribution >= 4 is 46.4 Å². The number of carbonyl (C=O) groups excluding carboxylic acids is 1. The van der Waals surface area contributed by atoms with Crippen molar-refractivity contribution in [3.63, 3.8) is 0 Å². The van der Waals surface area contributed by atoms with Crippen LogP contribution in [-0.4, -0.2) is 27.3 Å². The van der Waals surface area contributed by atoms with Gasteiger partial charge in [-0.15, -0.1) is 0 Å². The van der Waals surface area contributed by atoms with E-state index < -0.39 is 0 Å². The minimum Gasteiger partial charge on any atom is -0.482 e. The Hall–Kier alpha value is -2.28. The number of halogens is 3. The summed E-state index contributed by atoms with van der Waals surface area (Å²) >= 11 is 17.8. The van der Waals surface area contributed by atoms with E-state index in [1.807, 2.05) is 6.07 Å². The van der Waals surface area contributed by atoms with Crippen LogP contribution in [0.4, 0.5) is 5.69 Å². The lowest BCUT2D eigenvalue weighted by molar-refractivity contribution is -0.118. The number of carbonyl (C=O) groups is 1. The molecule has 0 radical (unpaired) electrons. The van der Waals surface area contributed by atoms with Crippen LogP contribution in [0.25, 0.3) is 5.69 Å². The molecule has 0 aliphatic heterocycles. The van der Waals surface area contributed by atoms with Crippen LogP contribution in [0.1, 0.15) is 0 Å². The lowest BCUT2D eigenvalue weighted by Gasteiger charge is -2.12. The first-order valence-electron chi connectivity index (χ1n) is 7.06. The summed E-state index contributed by atoms with van der Waals surface area (Å²) in [6, 6.07) is 10.1. The molecule has 128 valence electrons. The van der Waals surface area contributed by atoms with Gasteiger partial charge in [0, 0.05) is 6.07 Å². The zero-order valence-electron chi connectivity index (χ0n) is 12.6. The molecule has 25 heavy (non-hydrogen) atoms. The molecular weight excluding hydrogens is 387 g/mol. The first-order valence-corrected chi connectivity index (χ1v) is 8.19. The van der Waals surface area contributed by atoms with Crippen molar-refractivity contribution < 1.29 is 9.53 Å². The molecule has 0 bridgehead atoms. The highest BCUT2D eigenvalue weighted by atomic mass is 35.5. The van der Waals surface area contributed by atoms with Crippen LogP contribution in [0.3, 0.4) is 0 Å². The normalized spacial score (nSPS) is 10.5. The van der Waals surface area contributed by atoms with Crippen molar-refractivity contribution in [2.45, 2.75) is 0 Å². The summed E-state index contributed by atoms with van der Waals surface area (Å²) in [7, 11) is 0. The number of benzene rings is 2. The van der Waals surface area contributed by atoms with E-state index in [0.29, 0.717) is 16.4 Å². The summed E-state index contributed by atoms with van der Waals surface area (Å²) in [5.41, 5.74) is 1.25. The average Bonchev–Trinajstić information content (AvgIpc) is 3.12. The van der Waals surface area contributed by atoms with Crippen LogP contribution in [0, 0.1) is 0 Å². The average molecular weight is 398 g/mol. The first kappa shape index (κ1) is 17.5. The Bertz CT molecular complexity index is 900. The van der Waals surface area contributed by atoms with Gasteiger partial charge in [0.25, 0.3) is 5.91 Å². The maximum absolute atomic E-state index is 12.2. The fourth-order valence-corrected chi connectivity index (χ4v) is 2.65. The summed E-state index contributed by atoms with van der Waals surface area (Å²) in [6.07, 6.45) is 2.95. The molecule has 0 spiro atoms. The number of anilines is 1. The fraction of sp³-hybridized carbons (Fsp3) is 0.0625. The van der Waals surface area contributed by atoms with Crippen LogP contribution in [0.2, 0.25) is 15.1 Å². The third-order valence-corrected chi connectivity index (χ3v) is 4.19. The number of ether oxygens (including phenoxy) is 1. The summed E-state index contributed by atoms with van der Waals surface area (Å²) in [4.78, 5) is 16.1. The van der Waals surface area contributed by atoms with Gasteiger partial charge in [-0.25, -0.2) is 9.67 Å². The number of para-hydroxylation sites is 2. The molecule has 1 aromatic heterocycles. The van der Waals surface area contributed by atoms with Crippen LogP contribution >= 0.6 is 34.8 Å². The highest BCUT2D eigenvalue weighted by Gasteiger charge is 2.12. The smallest absolute Gasteiger partial charge is 0.262 e. The molecule has 0 fully saturated rings. The number of nitrogens with zero attached hydrogens (tertiary/aromatic N) is 3. The largest absolute Gasteiger partial charge is 0.482 e. The number of aromatic nitrogens is 3. The van der Waals surface area contributed by atoms with Gasteiger partial charge in [-0.05, 0) is 18.2 Å². The number of amides is 1. The third-order valence-electron chi connectivity index (χ3n) is 3.18. The van der Waals surface area contributed by atoms with Crippen molar-refractivity contribution in [1.82, 2.24) is 14.8 Å². The molecule has 0 aliphatic carbocycles. The number of nitrogens with one attached hydrogen (secondary N) is 1. The molecule has 0 saturated heterocycles. The van der Waals surface area contributed by atoms with E-state index in [0.717, 1.165) is 0 Å². The molecule has 6 nitrogen and oxygen atoms in total. The van der Waals surface area contributed by atoms with Crippen LogP contribution in [-0.2, 0) is 4.79 Å². The predicted octanol–water partition coefficient (Wildman–Crippen LogP) is 4.25. The topological polar surface area (TPSA) is 69.0 Å². The number of hydrogen-bond acceptors (Lipinski definition) is 4. The predicted molar refractivity (Wildman–Crippen MR) is 97.0 cm³/mol. The lowest BCUT2D eigenvalue weighted by atomic mass is 10.2. The van der Waals surface area contributed by atoms with Gasteiger partial charge in [0.1, 0.15) is 18.4 Å². The van der Waals surface area contributed by atoms with E-state index in [9.17, 15) is 4.79 Å². The Morgan fingerprint density at radius 3 is 2.64 bits per heavy atom. The maximum Gasteiger partial charge on any atom is 0.262 e. The zero-order chi connectivity index (χ0) is 17.8. The minimum atomic E-state index is -0.366. The monoisotopic (exact) mass is 396 g/mol. The van der Waals surface area contributed by atoms with Gasteiger partial charge in [0.2, 0.25) is 0 Å². The van der Waals surface area contributed by atoms with Crippen molar-refractivity contribution in [3.8, 4) is 11.4 Å². The Morgan fingerprint density at radius 2 is 1.88 bits per heavy atom. The standard InChI is InChI=1S/C16H11Cl3N4O2/c17-10-5-12(19)15(6-11(10)18)25-7-16(24)22-13-3-1-2-4-14(13)23-9-20-8-21-23/h1-6,8-9H,7H2,(H,22,24). The Balaban J connectivity index is 1.69. The van der Waals surface area contributed by atoms with E-state index >= 15 is 0 Å². The quantitative estimate of drug-likeness (QED) is 0.654. The molecule has 3 rings (SSSR count). The molecule has 0 aliphatic rings. The summed E-state index contributed by atoms with van der Waals surface area (Å²) in [5.74, 6) is -0.0921. The highest BCUT2D eigenvalue weighted by molar-refractivity contribution is 6.43. The van der Waals surface area contributed by atoms with E-state index in [1.54, 1.807) is 22.9 Å². The Kier molecular flexibility index (Phi) is 5.43. The SMILES string of the molecule is O=C(COc1cc(Cl)c(Cl)cc1Cl)Nc1ccccc1-n1cncn1. The van der Waals surface area contributed by atoms with Gasteiger partial charge in [-0.2, -0.15) is 5.10 Å². The van der Waals surface area contributed by atoms with Crippen molar-refractivity contribution in [1.29, 1.82) is 0 Å². The first-order chi connectivity index (χ1) is 12.0. The van der Waals surface area contributed by atoms with Gasteiger partial charge in [-0.3, -0.25) is 4.79 Å². The molecular formula is C16H11Cl3N4O2. The van der Waals surface area contributed by atoms with Crippen LogP contribution in [0.15, 0.2) is 49.1 Å². The molecule has 3 aromatic rings. The van der Waals surface area contributed by atoms with Crippen LogP contribution < -0.4 is 10.1 Å². The summed E-state index contributed by atoms with van der Waals surface area (Å²) < 4.78 is 6.96. The molecule has 9 heteroatoms.